The van der Waals surface area contributed by atoms with E-state index in [9.17, 15) is 9.59 Å². The zero-order chi connectivity index (χ0) is 32.1. The Morgan fingerprint density at radius 1 is 0.500 bits per heavy atom. The molecule has 2 heterocycles. The van der Waals surface area contributed by atoms with Crippen LogP contribution in [0.5, 0.6) is 0 Å². The summed E-state index contributed by atoms with van der Waals surface area (Å²) < 4.78 is 1.99. The molecule has 8 rings (SSSR count). The van der Waals surface area contributed by atoms with Gasteiger partial charge in [0.25, 0.3) is 11.8 Å². The van der Waals surface area contributed by atoms with E-state index in [4.69, 9.17) is 50.5 Å². The van der Waals surface area contributed by atoms with Crippen molar-refractivity contribution < 1.29 is 9.59 Å². The van der Waals surface area contributed by atoms with Gasteiger partial charge >= 0.3 is 0 Å². The van der Waals surface area contributed by atoms with Gasteiger partial charge in [-0.3, -0.25) is 9.59 Å². The fourth-order valence-electron chi connectivity index (χ4n) is 7.64. The molecule has 0 saturated carbocycles. The Balaban J connectivity index is 1.27. The molecular formula is C36H26Br2N2O2S4. The van der Waals surface area contributed by atoms with Crippen LogP contribution in [0.25, 0.3) is 33.6 Å². The molecule has 4 nitrogen and oxygen atoms in total. The highest BCUT2D eigenvalue weighted by Gasteiger charge is 2.46. The van der Waals surface area contributed by atoms with Crippen LogP contribution < -0.4 is 10.6 Å². The van der Waals surface area contributed by atoms with Crippen LogP contribution in [0.2, 0.25) is 0 Å². The van der Waals surface area contributed by atoms with Gasteiger partial charge in [-0.1, -0.05) is 68.3 Å². The molecule has 4 aromatic rings. The highest BCUT2D eigenvalue weighted by atomic mass is 79.9. The van der Waals surface area contributed by atoms with Crippen LogP contribution in [-0.4, -0.2) is 34.8 Å². The lowest BCUT2D eigenvalue weighted by atomic mass is 9.81. The number of halogens is 2. The van der Waals surface area contributed by atoms with Crippen LogP contribution in [0.4, 0.5) is 0 Å². The molecule has 0 fully saturated rings. The van der Waals surface area contributed by atoms with E-state index in [1.54, 1.807) is 0 Å². The first-order valence-corrected chi connectivity index (χ1v) is 18.8. The molecule has 2 N–H and O–H groups in total. The summed E-state index contributed by atoms with van der Waals surface area (Å²) in [5, 5.41) is 6.09. The van der Waals surface area contributed by atoms with Gasteiger partial charge in [0.2, 0.25) is 0 Å². The fraction of sp³-hybridized carbons (Fsp3) is 0.167. The molecule has 0 bridgehead atoms. The van der Waals surface area contributed by atoms with Crippen molar-refractivity contribution in [3.8, 4) is 22.3 Å². The van der Waals surface area contributed by atoms with E-state index in [0.29, 0.717) is 45.6 Å². The van der Waals surface area contributed by atoms with Crippen molar-refractivity contribution >= 4 is 106 Å². The molecular weight excluding hydrogens is 780 g/mol. The smallest absolute Gasteiger partial charge is 0.258 e. The molecule has 0 spiro atoms. The molecule has 46 heavy (non-hydrogen) atoms. The van der Waals surface area contributed by atoms with Crippen molar-refractivity contribution in [2.75, 3.05) is 23.0 Å². The van der Waals surface area contributed by atoms with Crippen molar-refractivity contribution in [1.82, 2.24) is 10.6 Å². The second kappa shape index (κ2) is 11.1. The quantitative estimate of drug-likeness (QED) is 0.113. The van der Waals surface area contributed by atoms with Crippen molar-refractivity contribution in [2.45, 2.75) is 10.8 Å². The molecule has 2 aliphatic heterocycles. The lowest BCUT2D eigenvalue weighted by molar-refractivity contribution is -0.117. The first-order chi connectivity index (χ1) is 22.2. The van der Waals surface area contributed by atoms with Crippen molar-refractivity contribution in [3.63, 3.8) is 0 Å². The summed E-state index contributed by atoms with van der Waals surface area (Å²) in [6.45, 7) is 0. The van der Waals surface area contributed by atoms with E-state index in [2.05, 4.69) is 91.0 Å². The highest BCUT2D eigenvalue weighted by Crippen LogP contribution is 2.53. The lowest BCUT2D eigenvalue weighted by Gasteiger charge is -2.29. The average Bonchev–Trinajstić information content (AvgIpc) is 3.76. The number of hydrogen-bond acceptors (Lipinski definition) is 6. The third kappa shape index (κ3) is 4.10. The lowest BCUT2D eigenvalue weighted by Crippen LogP contribution is -2.30. The number of carbonyl (C=O) groups is 2. The van der Waals surface area contributed by atoms with Crippen LogP contribution in [0.15, 0.2) is 92.9 Å². The molecule has 0 saturated heterocycles. The van der Waals surface area contributed by atoms with Gasteiger partial charge in [-0.2, -0.15) is 50.5 Å². The second-order valence-corrected chi connectivity index (χ2v) is 15.2. The zero-order valence-corrected chi connectivity index (χ0v) is 30.9. The number of thiol groups is 4. The molecule has 0 radical (unpaired) electrons. The average molecular weight is 807 g/mol. The molecule has 2 aliphatic carbocycles. The normalized spacial score (nSPS) is 17.9. The summed E-state index contributed by atoms with van der Waals surface area (Å²) in [6.07, 6.45) is 0. The van der Waals surface area contributed by atoms with Gasteiger partial charge < -0.3 is 10.6 Å². The summed E-state index contributed by atoms with van der Waals surface area (Å²) in [4.78, 5) is 27.4. The Labute approximate surface area is 305 Å². The SMILES string of the molecule is O=C1NC(c2ccc3c(c2)C(CS)(CS)c2cc(Br)ccc2-3)=C2C(=O)NC(c3ccc4c(c3)C(CS)(CS)c3cc(Br)ccc3-4)=C12. The Morgan fingerprint density at radius 3 is 1.17 bits per heavy atom. The maximum Gasteiger partial charge on any atom is 0.258 e. The van der Waals surface area contributed by atoms with Crippen LogP contribution in [0, 0.1) is 0 Å². The first kappa shape index (κ1) is 31.0. The topological polar surface area (TPSA) is 58.2 Å². The van der Waals surface area contributed by atoms with Crippen LogP contribution in [0.1, 0.15) is 33.4 Å². The molecule has 10 heteroatoms. The fourth-order valence-corrected chi connectivity index (χ4v) is 10.5. The molecule has 0 atom stereocenters. The van der Waals surface area contributed by atoms with E-state index in [-0.39, 0.29) is 11.8 Å². The molecule has 230 valence electrons. The van der Waals surface area contributed by atoms with Crippen LogP contribution >= 0.6 is 82.4 Å². The third-order valence-electron chi connectivity index (χ3n) is 9.98. The minimum absolute atomic E-state index is 0.303. The van der Waals surface area contributed by atoms with Gasteiger partial charge in [0, 0.05) is 42.8 Å². The predicted molar refractivity (Wildman–Crippen MR) is 206 cm³/mol. The highest BCUT2D eigenvalue weighted by molar-refractivity contribution is 9.10. The Kier molecular flexibility index (Phi) is 7.47. The Bertz CT molecular complexity index is 1980. The van der Waals surface area contributed by atoms with Crippen molar-refractivity contribution in [1.29, 1.82) is 0 Å². The van der Waals surface area contributed by atoms with E-state index in [1.807, 2.05) is 24.3 Å². The third-order valence-corrected chi connectivity index (χ3v) is 13.1. The van der Waals surface area contributed by atoms with Crippen molar-refractivity contribution in [2.24, 2.45) is 0 Å². The second-order valence-electron chi connectivity index (χ2n) is 12.1. The van der Waals surface area contributed by atoms with Crippen molar-refractivity contribution in [3.05, 3.63) is 126 Å². The van der Waals surface area contributed by atoms with Gasteiger partial charge in [0.05, 0.1) is 22.5 Å². The Morgan fingerprint density at radius 2 is 0.826 bits per heavy atom. The number of fused-ring (bicyclic) bond motifs is 7. The summed E-state index contributed by atoms with van der Waals surface area (Å²) in [5.41, 5.74) is 11.5. The molecule has 4 aromatic carbocycles. The predicted octanol–water partition coefficient (Wildman–Crippen LogP) is 7.85. The zero-order valence-electron chi connectivity index (χ0n) is 24.1. The van der Waals surface area contributed by atoms with Crippen LogP contribution in [-0.2, 0) is 20.4 Å². The minimum Gasteiger partial charge on any atom is -0.321 e. The van der Waals surface area contributed by atoms with E-state index < -0.39 is 10.8 Å². The first-order valence-electron chi connectivity index (χ1n) is 14.7. The summed E-state index contributed by atoms with van der Waals surface area (Å²) in [7, 11) is 0. The molecule has 0 unspecified atom stereocenters. The van der Waals surface area contributed by atoms with Gasteiger partial charge in [-0.15, -0.1) is 0 Å². The van der Waals surface area contributed by atoms with Gasteiger partial charge in [0.1, 0.15) is 0 Å². The van der Waals surface area contributed by atoms with Gasteiger partial charge in [-0.05, 0) is 92.0 Å². The maximum atomic E-state index is 13.7. The van der Waals surface area contributed by atoms with Gasteiger partial charge in [0.15, 0.2) is 0 Å². The summed E-state index contributed by atoms with van der Waals surface area (Å²) in [6, 6.07) is 24.9. The largest absolute Gasteiger partial charge is 0.321 e. The van der Waals surface area contributed by atoms with Crippen LogP contribution in [0.3, 0.4) is 0 Å². The van der Waals surface area contributed by atoms with E-state index in [1.165, 1.54) is 11.1 Å². The number of carbonyl (C=O) groups excluding carboxylic acids is 2. The van der Waals surface area contributed by atoms with E-state index >= 15 is 0 Å². The number of benzene rings is 4. The minimum atomic E-state index is -0.420. The monoisotopic (exact) mass is 804 g/mol. The number of hydrogen-bond donors (Lipinski definition) is 6. The number of amides is 2. The number of nitrogens with one attached hydrogen (secondary N) is 2. The van der Waals surface area contributed by atoms with Gasteiger partial charge in [-0.25, -0.2) is 0 Å². The number of rotatable bonds is 6. The standard InChI is InChI=1S/C36H26Br2N2O2S4/c37-19-3-7-23-21-5-1-17(9-25(21)35(13-43,14-44)27(23)11-19)31-29-30(34(42)39-31)32(40-33(29)41)18-2-6-22-24-8-4-20(38)12-28(24)36(15-45,16-46)26(22)10-18/h1-12,43-46H,13-16H2,(H,39,42)(H,40,41). The maximum absolute atomic E-state index is 13.7. The molecule has 2 amide bonds. The summed E-state index contributed by atoms with van der Waals surface area (Å²) in [5.74, 6) is 1.63. The molecule has 0 aromatic heterocycles. The summed E-state index contributed by atoms with van der Waals surface area (Å²) >= 11 is 26.5. The Hall–Kier alpha value is -2.34. The molecule has 4 aliphatic rings. The van der Waals surface area contributed by atoms with E-state index in [0.717, 1.165) is 53.5 Å².